The Labute approximate surface area is 105 Å². The maximum absolute atomic E-state index is 11.7. The molecule has 0 aliphatic carbocycles. The number of hydrogen-bond donors (Lipinski definition) is 3. The van der Waals surface area contributed by atoms with Crippen molar-refractivity contribution in [1.29, 1.82) is 0 Å². The molecule has 1 aromatic carbocycles. The van der Waals surface area contributed by atoms with Crippen molar-refractivity contribution in [3.63, 3.8) is 0 Å². The Balaban J connectivity index is 2.39. The highest BCUT2D eigenvalue weighted by atomic mass is 16.5. The number of hydrogen-bond acceptors (Lipinski definition) is 4. The Hall–Kier alpha value is -2.08. The molecule has 0 saturated heterocycles. The largest absolute Gasteiger partial charge is 0.508 e. The number of nitrogens with two attached hydrogens (primary N) is 1. The van der Waals surface area contributed by atoms with Crippen molar-refractivity contribution >= 4 is 11.8 Å². The van der Waals surface area contributed by atoms with Crippen LogP contribution in [0.3, 0.4) is 0 Å². The Morgan fingerprint density at radius 2 is 2.17 bits per heavy atom. The Bertz CT molecular complexity index is 446. The summed E-state index contributed by atoms with van der Waals surface area (Å²) in [5.74, 6) is -0.681. The third kappa shape index (κ3) is 4.42. The van der Waals surface area contributed by atoms with E-state index in [-0.39, 0.29) is 31.4 Å². The third-order valence-corrected chi connectivity index (χ3v) is 2.23. The summed E-state index contributed by atoms with van der Waals surface area (Å²) in [6.07, 6.45) is 0. The van der Waals surface area contributed by atoms with Crippen LogP contribution in [0, 0.1) is 6.92 Å². The molecular formula is C12H16N2O4. The fourth-order valence-electron chi connectivity index (χ4n) is 1.41. The van der Waals surface area contributed by atoms with E-state index in [9.17, 15) is 14.7 Å². The first-order valence-electron chi connectivity index (χ1n) is 5.44. The van der Waals surface area contributed by atoms with Crippen molar-refractivity contribution in [3.05, 3.63) is 29.3 Å². The van der Waals surface area contributed by atoms with E-state index in [1.54, 1.807) is 13.0 Å². The highest BCUT2D eigenvalue weighted by Gasteiger charge is 2.08. The van der Waals surface area contributed by atoms with Crippen LogP contribution in [0.15, 0.2) is 18.2 Å². The lowest BCUT2D eigenvalue weighted by Gasteiger charge is -2.08. The summed E-state index contributed by atoms with van der Waals surface area (Å²) in [4.78, 5) is 22.1. The van der Waals surface area contributed by atoms with E-state index in [2.05, 4.69) is 5.32 Å². The molecule has 0 spiro atoms. The van der Waals surface area contributed by atoms with Crippen LogP contribution in [0.2, 0.25) is 0 Å². The third-order valence-electron chi connectivity index (χ3n) is 2.23. The number of carbonyl (C=O) groups excluding carboxylic acids is 2. The molecule has 6 heteroatoms. The SMILES string of the molecule is Cc1cc(O)ccc1C(=O)NCCOCC(N)=O. The fraction of sp³-hybridized carbons (Fsp3) is 0.333. The second-order valence-corrected chi connectivity index (χ2v) is 3.77. The van der Waals surface area contributed by atoms with Gasteiger partial charge in [-0.1, -0.05) is 0 Å². The Kier molecular flexibility index (Phi) is 5.13. The predicted molar refractivity (Wildman–Crippen MR) is 65.2 cm³/mol. The van der Waals surface area contributed by atoms with Crippen molar-refractivity contribution in [2.24, 2.45) is 5.73 Å². The number of benzene rings is 1. The molecule has 0 aliphatic rings. The second-order valence-electron chi connectivity index (χ2n) is 3.77. The van der Waals surface area contributed by atoms with Gasteiger partial charge in [-0.05, 0) is 30.7 Å². The first-order chi connectivity index (χ1) is 8.50. The van der Waals surface area contributed by atoms with E-state index in [1.807, 2.05) is 0 Å². The lowest BCUT2D eigenvalue weighted by atomic mass is 10.1. The highest BCUT2D eigenvalue weighted by molar-refractivity contribution is 5.95. The monoisotopic (exact) mass is 252 g/mol. The van der Waals surface area contributed by atoms with Gasteiger partial charge in [0.1, 0.15) is 12.4 Å². The lowest BCUT2D eigenvalue weighted by molar-refractivity contribution is -0.122. The number of rotatable bonds is 6. The molecule has 1 aromatic rings. The van der Waals surface area contributed by atoms with Crippen LogP contribution in [-0.2, 0) is 9.53 Å². The first-order valence-corrected chi connectivity index (χ1v) is 5.44. The number of primary amides is 1. The standard InChI is InChI=1S/C12H16N2O4/c1-8-6-9(15)2-3-10(8)12(17)14-4-5-18-7-11(13)16/h2-3,6,15H,4-5,7H2,1H3,(H2,13,16)(H,14,17). The van der Waals surface area contributed by atoms with Crippen molar-refractivity contribution < 1.29 is 19.4 Å². The quantitative estimate of drug-likeness (QED) is 0.617. The zero-order chi connectivity index (χ0) is 13.5. The topological polar surface area (TPSA) is 102 Å². The average Bonchev–Trinajstić information content (AvgIpc) is 2.27. The molecule has 0 bridgehead atoms. The summed E-state index contributed by atoms with van der Waals surface area (Å²) in [7, 11) is 0. The summed E-state index contributed by atoms with van der Waals surface area (Å²) in [5, 5.41) is 11.9. The van der Waals surface area contributed by atoms with Crippen molar-refractivity contribution in [1.82, 2.24) is 5.32 Å². The van der Waals surface area contributed by atoms with Gasteiger partial charge in [0, 0.05) is 12.1 Å². The number of phenolic OH excluding ortho intramolecular Hbond substituents is 1. The number of phenols is 1. The number of amides is 2. The summed E-state index contributed by atoms with van der Waals surface area (Å²) >= 11 is 0. The van der Waals surface area contributed by atoms with Crippen LogP contribution in [-0.4, -0.2) is 36.7 Å². The molecule has 0 radical (unpaired) electrons. The van der Waals surface area contributed by atoms with Crippen molar-refractivity contribution in [2.75, 3.05) is 19.8 Å². The number of aryl methyl sites for hydroxylation is 1. The summed E-state index contributed by atoms with van der Waals surface area (Å²) in [5.41, 5.74) is 6.06. The minimum atomic E-state index is -0.546. The molecule has 0 heterocycles. The fourth-order valence-corrected chi connectivity index (χ4v) is 1.41. The maximum Gasteiger partial charge on any atom is 0.251 e. The molecule has 0 aromatic heterocycles. The van der Waals surface area contributed by atoms with Crippen molar-refractivity contribution in [3.8, 4) is 5.75 Å². The normalized spacial score (nSPS) is 10.1. The molecule has 2 amide bonds. The smallest absolute Gasteiger partial charge is 0.251 e. The minimum absolute atomic E-state index is 0.119. The highest BCUT2D eigenvalue weighted by Crippen LogP contribution is 2.15. The van der Waals surface area contributed by atoms with Gasteiger partial charge in [0.05, 0.1) is 6.61 Å². The van der Waals surface area contributed by atoms with E-state index in [0.717, 1.165) is 0 Å². The molecular weight excluding hydrogens is 236 g/mol. The van der Waals surface area contributed by atoms with Gasteiger partial charge in [0.25, 0.3) is 5.91 Å². The van der Waals surface area contributed by atoms with Crippen LogP contribution >= 0.6 is 0 Å². The summed E-state index contributed by atoms with van der Waals surface area (Å²) in [6.45, 7) is 2.07. The summed E-state index contributed by atoms with van der Waals surface area (Å²) in [6, 6.07) is 4.51. The van der Waals surface area contributed by atoms with E-state index in [1.165, 1.54) is 12.1 Å². The van der Waals surface area contributed by atoms with Gasteiger partial charge in [-0.2, -0.15) is 0 Å². The number of ether oxygens (including phenoxy) is 1. The molecule has 1 rings (SSSR count). The van der Waals surface area contributed by atoms with E-state index in [4.69, 9.17) is 10.5 Å². The molecule has 98 valence electrons. The summed E-state index contributed by atoms with van der Waals surface area (Å²) < 4.78 is 4.90. The molecule has 4 N–H and O–H groups in total. The molecule has 0 unspecified atom stereocenters. The van der Waals surface area contributed by atoms with E-state index in [0.29, 0.717) is 11.1 Å². The van der Waals surface area contributed by atoms with Gasteiger partial charge in [-0.25, -0.2) is 0 Å². The molecule has 0 atom stereocenters. The van der Waals surface area contributed by atoms with Crippen LogP contribution in [0.25, 0.3) is 0 Å². The number of nitrogens with one attached hydrogen (secondary N) is 1. The van der Waals surface area contributed by atoms with E-state index >= 15 is 0 Å². The van der Waals surface area contributed by atoms with Crippen LogP contribution in [0.5, 0.6) is 5.75 Å². The van der Waals surface area contributed by atoms with Gasteiger partial charge in [0.15, 0.2) is 0 Å². The number of carbonyl (C=O) groups is 2. The predicted octanol–water partition coefficient (Wildman–Crippen LogP) is -0.0677. The van der Waals surface area contributed by atoms with Gasteiger partial charge in [-0.3, -0.25) is 9.59 Å². The average molecular weight is 252 g/mol. The second kappa shape index (κ2) is 6.61. The Morgan fingerprint density at radius 1 is 1.44 bits per heavy atom. The molecule has 0 saturated carbocycles. The zero-order valence-electron chi connectivity index (χ0n) is 10.1. The zero-order valence-corrected chi connectivity index (χ0v) is 10.1. The minimum Gasteiger partial charge on any atom is -0.508 e. The molecule has 0 fully saturated rings. The molecule has 18 heavy (non-hydrogen) atoms. The van der Waals surface area contributed by atoms with Crippen LogP contribution in [0.4, 0.5) is 0 Å². The van der Waals surface area contributed by atoms with Gasteiger partial charge < -0.3 is 20.9 Å². The lowest BCUT2D eigenvalue weighted by Crippen LogP contribution is -2.29. The maximum atomic E-state index is 11.7. The number of aromatic hydroxyl groups is 1. The first kappa shape index (κ1) is 14.0. The van der Waals surface area contributed by atoms with Crippen LogP contribution in [0.1, 0.15) is 15.9 Å². The van der Waals surface area contributed by atoms with Crippen molar-refractivity contribution in [2.45, 2.75) is 6.92 Å². The van der Waals surface area contributed by atoms with Gasteiger partial charge in [-0.15, -0.1) is 0 Å². The van der Waals surface area contributed by atoms with Gasteiger partial charge >= 0.3 is 0 Å². The Morgan fingerprint density at radius 3 is 2.78 bits per heavy atom. The molecule has 0 aliphatic heterocycles. The molecule has 6 nitrogen and oxygen atoms in total. The van der Waals surface area contributed by atoms with Crippen LogP contribution < -0.4 is 11.1 Å². The van der Waals surface area contributed by atoms with E-state index < -0.39 is 5.91 Å². The van der Waals surface area contributed by atoms with Gasteiger partial charge in [0.2, 0.25) is 5.91 Å².